The molecule has 0 aromatic rings. The second kappa shape index (κ2) is 3.72. The van der Waals surface area contributed by atoms with Gasteiger partial charge in [-0.1, -0.05) is 24.8 Å². The summed E-state index contributed by atoms with van der Waals surface area (Å²) in [5.74, 6) is 0. The van der Waals surface area contributed by atoms with Gasteiger partial charge in [0.15, 0.2) is 0 Å². The van der Waals surface area contributed by atoms with Crippen molar-refractivity contribution in [3.05, 3.63) is 36.0 Å². The summed E-state index contributed by atoms with van der Waals surface area (Å²) in [4.78, 5) is 0. The normalized spacial score (nSPS) is 24.0. The van der Waals surface area contributed by atoms with Crippen LogP contribution in [0.5, 0.6) is 0 Å². The molecule has 1 heteroatoms. The van der Waals surface area contributed by atoms with Crippen LogP contribution in [0.1, 0.15) is 26.2 Å². The summed E-state index contributed by atoms with van der Waals surface area (Å²) in [5.41, 5.74) is 3.51. The number of aliphatic hydroxyl groups excluding tert-OH is 1. The van der Waals surface area contributed by atoms with Crippen LogP contribution in [-0.4, -0.2) is 11.2 Å². The van der Waals surface area contributed by atoms with Crippen molar-refractivity contribution in [3.63, 3.8) is 0 Å². The van der Waals surface area contributed by atoms with Crippen molar-refractivity contribution in [2.45, 2.75) is 32.3 Å². The van der Waals surface area contributed by atoms with Gasteiger partial charge in [0, 0.05) is 0 Å². The number of rotatable bonds is 2. The Balaban J connectivity index is 2.92. The molecular formula is C11H16O. The third-order valence-corrected chi connectivity index (χ3v) is 2.34. The van der Waals surface area contributed by atoms with E-state index in [1.807, 2.05) is 13.0 Å². The molecule has 0 aromatic carbocycles. The van der Waals surface area contributed by atoms with E-state index in [0.29, 0.717) is 0 Å². The topological polar surface area (TPSA) is 20.2 Å². The Kier molecular flexibility index (Phi) is 2.88. The summed E-state index contributed by atoms with van der Waals surface area (Å²) >= 11 is 0. The molecule has 1 N–H and O–H groups in total. The monoisotopic (exact) mass is 164 g/mol. The predicted molar refractivity (Wildman–Crippen MR) is 51.9 cm³/mol. The van der Waals surface area contributed by atoms with Crippen molar-refractivity contribution in [3.8, 4) is 0 Å². The summed E-state index contributed by atoms with van der Waals surface area (Å²) in [6.45, 7) is 9.64. The molecule has 1 aliphatic carbocycles. The van der Waals surface area contributed by atoms with Gasteiger partial charge in [0.1, 0.15) is 0 Å². The Labute approximate surface area is 74.1 Å². The van der Waals surface area contributed by atoms with Gasteiger partial charge in [0.05, 0.1) is 6.10 Å². The van der Waals surface area contributed by atoms with E-state index in [1.54, 1.807) is 0 Å². The lowest BCUT2D eigenvalue weighted by Gasteiger charge is -2.22. The van der Waals surface area contributed by atoms with Gasteiger partial charge in [-0.2, -0.15) is 0 Å². The van der Waals surface area contributed by atoms with Crippen molar-refractivity contribution in [1.29, 1.82) is 0 Å². The second-order valence-electron chi connectivity index (χ2n) is 3.38. The summed E-state index contributed by atoms with van der Waals surface area (Å²) in [6.07, 6.45) is 4.25. The molecule has 0 aromatic heterocycles. The highest BCUT2D eigenvalue weighted by Gasteiger charge is 2.17. The van der Waals surface area contributed by atoms with E-state index in [9.17, 15) is 5.11 Å². The van der Waals surface area contributed by atoms with E-state index in [0.717, 1.165) is 24.8 Å². The van der Waals surface area contributed by atoms with Gasteiger partial charge in [-0.05, 0) is 37.3 Å². The summed E-state index contributed by atoms with van der Waals surface area (Å²) in [5, 5.41) is 9.43. The number of hydrogen-bond acceptors (Lipinski definition) is 1. The van der Waals surface area contributed by atoms with Crippen LogP contribution in [-0.2, 0) is 0 Å². The second-order valence-corrected chi connectivity index (χ2v) is 3.38. The fourth-order valence-corrected chi connectivity index (χ4v) is 1.62. The SMILES string of the molecule is C=CC1=C(C(=C)C)CC(O)CC1. The van der Waals surface area contributed by atoms with Gasteiger partial charge in [0.2, 0.25) is 0 Å². The molecule has 0 bridgehead atoms. The number of aliphatic hydroxyl groups is 1. The maximum Gasteiger partial charge on any atom is 0.0583 e. The summed E-state index contributed by atoms with van der Waals surface area (Å²) < 4.78 is 0. The van der Waals surface area contributed by atoms with Crippen molar-refractivity contribution in [2.75, 3.05) is 0 Å². The molecule has 0 saturated heterocycles. The molecule has 0 radical (unpaired) electrons. The Bertz CT molecular complexity index is 235. The third kappa shape index (κ3) is 1.86. The summed E-state index contributed by atoms with van der Waals surface area (Å²) in [6, 6.07) is 0. The van der Waals surface area contributed by atoms with E-state index in [4.69, 9.17) is 0 Å². The Hall–Kier alpha value is -0.820. The molecule has 1 rings (SSSR count). The zero-order valence-corrected chi connectivity index (χ0v) is 7.64. The fourth-order valence-electron chi connectivity index (χ4n) is 1.62. The Morgan fingerprint density at radius 3 is 2.83 bits per heavy atom. The molecular weight excluding hydrogens is 148 g/mol. The van der Waals surface area contributed by atoms with Crippen molar-refractivity contribution in [2.24, 2.45) is 0 Å². The van der Waals surface area contributed by atoms with E-state index in [1.165, 1.54) is 11.1 Å². The minimum atomic E-state index is -0.180. The quantitative estimate of drug-likeness (QED) is 0.665. The van der Waals surface area contributed by atoms with Crippen LogP contribution < -0.4 is 0 Å². The molecule has 12 heavy (non-hydrogen) atoms. The zero-order chi connectivity index (χ0) is 9.14. The minimum absolute atomic E-state index is 0.180. The lowest BCUT2D eigenvalue weighted by Crippen LogP contribution is -2.14. The van der Waals surface area contributed by atoms with Crippen LogP contribution in [0.3, 0.4) is 0 Å². The van der Waals surface area contributed by atoms with Crippen LogP contribution in [0, 0.1) is 0 Å². The van der Waals surface area contributed by atoms with Crippen LogP contribution >= 0.6 is 0 Å². The molecule has 0 spiro atoms. The lowest BCUT2D eigenvalue weighted by molar-refractivity contribution is 0.160. The molecule has 1 unspecified atom stereocenters. The van der Waals surface area contributed by atoms with Gasteiger partial charge in [0.25, 0.3) is 0 Å². The number of hydrogen-bond donors (Lipinski definition) is 1. The van der Waals surface area contributed by atoms with Crippen LogP contribution in [0.4, 0.5) is 0 Å². The van der Waals surface area contributed by atoms with Gasteiger partial charge < -0.3 is 5.11 Å². The molecule has 0 aliphatic heterocycles. The van der Waals surface area contributed by atoms with Gasteiger partial charge in [-0.3, -0.25) is 0 Å². The number of allylic oxidation sites excluding steroid dienone is 3. The standard InChI is InChI=1S/C11H16O/c1-4-9-5-6-10(12)7-11(9)8(2)3/h4,10,12H,1-2,5-7H2,3H3. The molecule has 0 saturated carbocycles. The van der Waals surface area contributed by atoms with Crippen molar-refractivity contribution >= 4 is 0 Å². The smallest absolute Gasteiger partial charge is 0.0583 e. The zero-order valence-electron chi connectivity index (χ0n) is 7.64. The average molecular weight is 164 g/mol. The Morgan fingerprint density at radius 1 is 1.67 bits per heavy atom. The molecule has 1 nitrogen and oxygen atoms in total. The first-order chi connectivity index (χ1) is 5.65. The highest BCUT2D eigenvalue weighted by Crippen LogP contribution is 2.29. The van der Waals surface area contributed by atoms with E-state index < -0.39 is 0 Å². The largest absolute Gasteiger partial charge is 0.393 e. The molecule has 1 atom stereocenters. The maximum atomic E-state index is 9.43. The third-order valence-electron chi connectivity index (χ3n) is 2.34. The molecule has 0 fully saturated rings. The first kappa shape index (κ1) is 9.27. The molecule has 66 valence electrons. The Morgan fingerprint density at radius 2 is 2.33 bits per heavy atom. The van der Waals surface area contributed by atoms with Gasteiger partial charge in [-0.15, -0.1) is 0 Å². The minimum Gasteiger partial charge on any atom is -0.393 e. The summed E-state index contributed by atoms with van der Waals surface area (Å²) in [7, 11) is 0. The van der Waals surface area contributed by atoms with Gasteiger partial charge >= 0.3 is 0 Å². The van der Waals surface area contributed by atoms with E-state index >= 15 is 0 Å². The van der Waals surface area contributed by atoms with Crippen molar-refractivity contribution < 1.29 is 5.11 Å². The highest BCUT2D eigenvalue weighted by molar-refractivity contribution is 5.39. The van der Waals surface area contributed by atoms with Crippen LogP contribution in [0.15, 0.2) is 36.0 Å². The fraction of sp³-hybridized carbons (Fsp3) is 0.455. The maximum absolute atomic E-state index is 9.43. The average Bonchev–Trinajstić information content (AvgIpc) is 2.04. The molecule has 0 heterocycles. The first-order valence-electron chi connectivity index (χ1n) is 4.33. The van der Waals surface area contributed by atoms with E-state index in [-0.39, 0.29) is 6.10 Å². The van der Waals surface area contributed by atoms with Crippen LogP contribution in [0.25, 0.3) is 0 Å². The predicted octanol–water partition coefficient (Wildman–Crippen LogP) is 2.59. The van der Waals surface area contributed by atoms with Gasteiger partial charge in [-0.25, -0.2) is 0 Å². The molecule has 1 aliphatic rings. The van der Waals surface area contributed by atoms with Crippen molar-refractivity contribution in [1.82, 2.24) is 0 Å². The van der Waals surface area contributed by atoms with Crippen LogP contribution in [0.2, 0.25) is 0 Å². The first-order valence-corrected chi connectivity index (χ1v) is 4.33. The van der Waals surface area contributed by atoms with E-state index in [2.05, 4.69) is 13.2 Å². The molecule has 0 amide bonds. The highest BCUT2D eigenvalue weighted by atomic mass is 16.3. The lowest BCUT2D eigenvalue weighted by atomic mass is 9.86.